The molecule has 40 heavy (non-hydrogen) atoms. The summed E-state index contributed by atoms with van der Waals surface area (Å²) in [5, 5.41) is 22.5. The normalized spacial score (nSPS) is 17.6. The van der Waals surface area contributed by atoms with Crippen LogP contribution in [0.25, 0.3) is 11.1 Å². The Labute approximate surface area is 234 Å². The van der Waals surface area contributed by atoms with Gasteiger partial charge in [0.15, 0.2) is 0 Å². The van der Waals surface area contributed by atoms with E-state index >= 15 is 0 Å². The van der Waals surface area contributed by atoms with Crippen LogP contribution in [-0.4, -0.2) is 42.2 Å². The van der Waals surface area contributed by atoms with Gasteiger partial charge in [-0.25, -0.2) is 18.6 Å². The molecule has 3 aromatic rings. The van der Waals surface area contributed by atoms with E-state index < -0.39 is 45.4 Å². The minimum absolute atomic E-state index is 0.157. The van der Waals surface area contributed by atoms with Gasteiger partial charge in [0.1, 0.15) is 0 Å². The fourth-order valence-electron chi connectivity index (χ4n) is 5.05. The first-order chi connectivity index (χ1) is 18.9. The maximum absolute atomic E-state index is 13.3. The van der Waals surface area contributed by atoms with Crippen molar-refractivity contribution >= 4 is 21.8 Å². The molecule has 1 aliphatic carbocycles. The Hall–Kier alpha value is -3.57. The van der Waals surface area contributed by atoms with Crippen LogP contribution in [0.5, 0.6) is 0 Å². The molecule has 0 unspecified atom stereocenters. The van der Waals surface area contributed by atoms with Crippen LogP contribution >= 0.6 is 0 Å². The highest BCUT2D eigenvalue weighted by atomic mass is 32.2. The summed E-state index contributed by atoms with van der Waals surface area (Å²) in [5.41, 5.74) is 4.70. The molecule has 212 valence electrons. The molecule has 5 N–H and O–H groups in total. The van der Waals surface area contributed by atoms with Gasteiger partial charge < -0.3 is 10.4 Å². The van der Waals surface area contributed by atoms with Gasteiger partial charge in [-0.15, -0.1) is 0 Å². The van der Waals surface area contributed by atoms with Crippen molar-refractivity contribution in [2.75, 3.05) is 0 Å². The van der Waals surface area contributed by atoms with E-state index in [-0.39, 0.29) is 17.7 Å². The number of carbonyl (C=O) groups is 2. The quantitative estimate of drug-likeness (QED) is 0.199. The highest BCUT2D eigenvalue weighted by Gasteiger charge is 2.34. The standard InChI is InChI=1S/C30H35N3O6S/c1-30(2,3)33-40(38,39)26-11-7-6-9-23(26)20-14-12-19(13-15-20)16-22(18-27(35)32-37)29(36)31-28-24-10-5-4-8-21(24)17-25(28)34/h4-15,22,25,28,33-34,37H,16-18H2,1-3H3,(H,31,36)(H,32,35)/t22-,25-,28+/m1/s1. The molecule has 0 saturated heterocycles. The molecule has 10 heteroatoms. The minimum Gasteiger partial charge on any atom is -0.390 e. The van der Waals surface area contributed by atoms with E-state index in [0.29, 0.717) is 17.5 Å². The lowest BCUT2D eigenvalue weighted by Crippen LogP contribution is -2.40. The third-order valence-electron chi connectivity index (χ3n) is 6.79. The van der Waals surface area contributed by atoms with E-state index in [2.05, 4.69) is 10.0 Å². The van der Waals surface area contributed by atoms with Crippen molar-refractivity contribution in [3.8, 4) is 11.1 Å². The molecule has 0 heterocycles. The van der Waals surface area contributed by atoms with Gasteiger partial charge in [0, 0.05) is 23.9 Å². The second-order valence-electron chi connectivity index (χ2n) is 11.1. The molecule has 0 fully saturated rings. The lowest BCUT2D eigenvalue weighted by Gasteiger charge is -2.23. The Balaban J connectivity index is 1.55. The SMILES string of the molecule is CC(C)(C)NS(=O)(=O)c1ccccc1-c1ccc(C[C@H](CC(=O)NO)C(=O)N[C@H]2c3ccccc3C[C@H]2O)cc1. The highest BCUT2D eigenvalue weighted by molar-refractivity contribution is 7.89. The topological polar surface area (TPSA) is 145 Å². The number of rotatable bonds is 9. The molecule has 3 atom stereocenters. The zero-order valence-corrected chi connectivity index (χ0v) is 23.5. The molecule has 0 spiro atoms. The number of nitrogens with one attached hydrogen (secondary N) is 3. The highest BCUT2D eigenvalue weighted by Crippen LogP contribution is 2.32. The number of aliphatic hydroxyl groups excluding tert-OH is 1. The number of benzene rings is 3. The molecule has 3 aromatic carbocycles. The van der Waals surface area contributed by atoms with Crippen LogP contribution in [0.4, 0.5) is 0 Å². The predicted octanol–water partition coefficient (Wildman–Crippen LogP) is 3.26. The maximum atomic E-state index is 13.3. The average Bonchev–Trinajstić information content (AvgIpc) is 3.22. The molecular formula is C30H35N3O6S. The van der Waals surface area contributed by atoms with Gasteiger partial charge in [-0.2, -0.15) is 0 Å². The number of carbonyl (C=O) groups excluding carboxylic acids is 2. The lowest BCUT2D eigenvalue weighted by atomic mass is 9.93. The van der Waals surface area contributed by atoms with Crippen LogP contribution in [-0.2, 0) is 32.5 Å². The van der Waals surface area contributed by atoms with Crippen LogP contribution < -0.4 is 15.5 Å². The first-order valence-corrected chi connectivity index (χ1v) is 14.6. The number of hydrogen-bond donors (Lipinski definition) is 5. The molecule has 1 aliphatic rings. The van der Waals surface area contributed by atoms with Crippen LogP contribution in [0.1, 0.15) is 49.9 Å². The van der Waals surface area contributed by atoms with Gasteiger partial charge >= 0.3 is 0 Å². The van der Waals surface area contributed by atoms with E-state index in [1.807, 2.05) is 24.3 Å². The van der Waals surface area contributed by atoms with Crippen molar-refractivity contribution < 1.29 is 28.3 Å². The van der Waals surface area contributed by atoms with Crippen molar-refractivity contribution in [1.29, 1.82) is 0 Å². The van der Waals surface area contributed by atoms with Crippen LogP contribution in [0.15, 0.2) is 77.7 Å². The van der Waals surface area contributed by atoms with E-state index in [0.717, 1.165) is 16.7 Å². The maximum Gasteiger partial charge on any atom is 0.244 e. The fourth-order valence-corrected chi connectivity index (χ4v) is 6.70. The molecule has 9 nitrogen and oxygen atoms in total. The Morgan fingerprint density at radius 1 is 0.975 bits per heavy atom. The monoisotopic (exact) mass is 565 g/mol. The summed E-state index contributed by atoms with van der Waals surface area (Å²) in [5.74, 6) is -1.94. The summed E-state index contributed by atoms with van der Waals surface area (Å²) in [7, 11) is -3.78. The molecular weight excluding hydrogens is 530 g/mol. The predicted molar refractivity (Wildman–Crippen MR) is 151 cm³/mol. The molecule has 0 aromatic heterocycles. The summed E-state index contributed by atoms with van der Waals surface area (Å²) in [6, 6.07) is 20.8. The molecule has 4 rings (SSSR count). The van der Waals surface area contributed by atoms with E-state index in [1.54, 1.807) is 74.8 Å². The van der Waals surface area contributed by atoms with Crippen LogP contribution in [0.3, 0.4) is 0 Å². The van der Waals surface area contributed by atoms with Gasteiger partial charge in [-0.1, -0.05) is 66.7 Å². The van der Waals surface area contributed by atoms with E-state index in [9.17, 15) is 23.1 Å². The van der Waals surface area contributed by atoms with E-state index in [4.69, 9.17) is 5.21 Å². The Morgan fingerprint density at radius 2 is 1.62 bits per heavy atom. The number of amides is 2. The van der Waals surface area contributed by atoms with Gasteiger partial charge in [0.2, 0.25) is 21.8 Å². The Kier molecular flexibility index (Phi) is 8.74. The second kappa shape index (κ2) is 11.9. The number of sulfonamides is 1. The van der Waals surface area contributed by atoms with Crippen molar-refractivity contribution in [1.82, 2.24) is 15.5 Å². The zero-order valence-electron chi connectivity index (χ0n) is 22.7. The van der Waals surface area contributed by atoms with Crippen molar-refractivity contribution in [2.24, 2.45) is 5.92 Å². The summed E-state index contributed by atoms with van der Waals surface area (Å²) >= 11 is 0. The van der Waals surface area contributed by atoms with Crippen LogP contribution in [0, 0.1) is 5.92 Å². The molecule has 0 saturated carbocycles. The summed E-state index contributed by atoms with van der Waals surface area (Å²) in [4.78, 5) is 25.5. The summed E-state index contributed by atoms with van der Waals surface area (Å²) in [6.07, 6.45) is -0.423. The third kappa shape index (κ3) is 6.95. The van der Waals surface area contributed by atoms with Gasteiger partial charge in [0.25, 0.3) is 0 Å². The van der Waals surface area contributed by atoms with Gasteiger partial charge in [-0.3, -0.25) is 14.8 Å². The van der Waals surface area contributed by atoms with Crippen molar-refractivity contribution in [3.05, 3.63) is 89.5 Å². The second-order valence-corrected chi connectivity index (χ2v) is 12.8. The molecule has 0 radical (unpaired) electrons. The number of hydrogen-bond acceptors (Lipinski definition) is 6. The summed E-state index contributed by atoms with van der Waals surface area (Å²) < 4.78 is 28.8. The number of hydroxylamine groups is 1. The van der Waals surface area contributed by atoms with Crippen LogP contribution in [0.2, 0.25) is 0 Å². The number of fused-ring (bicyclic) bond motifs is 1. The number of aliphatic hydroxyl groups is 1. The largest absolute Gasteiger partial charge is 0.390 e. The minimum atomic E-state index is -3.78. The Bertz CT molecular complexity index is 1480. The lowest BCUT2D eigenvalue weighted by molar-refractivity contribution is -0.135. The first kappa shape index (κ1) is 29.4. The first-order valence-electron chi connectivity index (χ1n) is 13.1. The molecule has 0 bridgehead atoms. The van der Waals surface area contributed by atoms with Crippen molar-refractivity contribution in [2.45, 2.75) is 62.6 Å². The fraction of sp³-hybridized carbons (Fsp3) is 0.333. The Morgan fingerprint density at radius 3 is 2.30 bits per heavy atom. The average molecular weight is 566 g/mol. The molecule has 0 aliphatic heterocycles. The van der Waals surface area contributed by atoms with Crippen molar-refractivity contribution in [3.63, 3.8) is 0 Å². The van der Waals surface area contributed by atoms with Gasteiger partial charge in [0.05, 0.1) is 23.0 Å². The van der Waals surface area contributed by atoms with E-state index in [1.165, 1.54) is 0 Å². The van der Waals surface area contributed by atoms with Gasteiger partial charge in [-0.05, 0) is 55.5 Å². The zero-order chi connectivity index (χ0) is 29.1. The smallest absolute Gasteiger partial charge is 0.244 e. The summed E-state index contributed by atoms with van der Waals surface area (Å²) in [6.45, 7) is 5.33. The third-order valence-corrected chi connectivity index (χ3v) is 8.61. The molecule has 2 amide bonds.